The van der Waals surface area contributed by atoms with Crippen LogP contribution >= 0.6 is 11.6 Å². The number of anilines is 1. The normalized spacial score (nSPS) is 16.2. The molecule has 0 fully saturated rings. The molecule has 1 aliphatic heterocycles. The average molecular weight is 398 g/mol. The van der Waals surface area contributed by atoms with E-state index >= 15 is 0 Å². The SMILES string of the molecule is Cc1nn(-c2ccc3nncn3n2)c2c1C(c1c(F)cccc1Cl)CC(=O)N2. The van der Waals surface area contributed by atoms with Gasteiger partial charge in [-0.15, -0.1) is 15.3 Å². The van der Waals surface area contributed by atoms with Gasteiger partial charge in [-0.3, -0.25) is 4.79 Å². The number of fused-ring (bicyclic) bond motifs is 2. The van der Waals surface area contributed by atoms with Gasteiger partial charge in [-0.25, -0.2) is 4.39 Å². The van der Waals surface area contributed by atoms with E-state index in [-0.39, 0.29) is 17.4 Å². The van der Waals surface area contributed by atoms with Gasteiger partial charge in [-0.1, -0.05) is 17.7 Å². The van der Waals surface area contributed by atoms with Crippen LogP contribution in [0.25, 0.3) is 11.5 Å². The molecule has 1 atom stereocenters. The van der Waals surface area contributed by atoms with Crippen LogP contribution in [0, 0.1) is 12.7 Å². The molecular formula is C18H13ClFN7O. The molecule has 1 N–H and O–H groups in total. The van der Waals surface area contributed by atoms with Crippen molar-refractivity contribution in [3.63, 3.8) is 0 Å². The Bertz CT molecular complexity index is 1230. The number of carbonyl (C=O) groups excluding carboxylic acids is 1. The van der Waals surface area contributed by atoms with E-state index in [9.17, 15) is 9.18 Å². The number of hydrogen-bond acceptors (Lipinski definition) is 5. The molecule has 1 unspecified atom stereocenters. The number of benzene rings is 1. The molecule has 4 aromatic rings. The van der Waals surface area contributed by atoms with Crippen molar-refractivity contribution in [3.05, 3.63) is 64.3 Å². The van der Waals surface area contributed by atoms with Gasteiger partial charge in [0, 0.05) is 28.5 Å². The number of carbonyl (C=O) groups is 1. The van der Waals surface area contributed by atoms with Crippen molar-refractivity contribution < 1.29 is 9.18 Å². The number of amides is 1. The van der Waals surface area contributed by atoms with Gasteiger partial charge in [0.2, 0.25) is 5.91 Å². The average Bonchev–Trinajstić information content (AvgIpc) is 3.25. The maximum absolute atomic E-state index is 14.6. The lowest BCUT2D eigenvalue weighted by molar-refractivity contribution is -0.116. The number of aryl methyl sites for hydroxylation is 1. The molecular weight excluding hydrogens is 385 g/mol. The fourth-order valence-corrected chi connectivity index (χ4v) is 3.93. The fraction of sp³-hybridized carbons (Fsp3) is 0.167. The third-order valence-corrected chi connectivity index (χ3v) is 5.14. The van der Waals surface area contributed by atoms with E-state index in [0.717, 1.165) is 5.56 Å². The number of nitrogens with zero attached hydrogens (tertiary/aromatic N) is 6. The van der Waals surface area contributed by atoms with Crippen LogP contribution in [-0.4, -0.2) is 35.5 Å². The number of aromatic nitrogens is 6. The Labute approximate surface area is 163 Å². The van der Waals surface area contributed by atoms with Crippen LogP contribution < -0.4 is 5.32 Å². The topological polar surface area (TPSA) is 90.0 Å². The Kier molecular flexibility index (Phi) is 3.66. The highest BCUT2D eigenvalue weighted by Gasteiger charge is 2.35. The van der Waals surface area contributed by atoms with Crippen molar-refractivity contribution in [1.82, 2.24) is 29.6 Å². The first-order chi connectivity index (χ1) is 13.5. The predicted octanol–water partition coefficient (Wildman–Crippen LogP) is 2.89. The third-order valence-electron chi connectivity index (χ3n) is 4.82. The van der Waals surface area contributed by atoms with Crippen LogP contribution in [0.2, 0.25) is 5.02 Å². The quantitative estimate of drug-likeness (QED) is 0.561. The molecule has 0 bridgehead atoms. The van der Waals surface area contributed by atoms with Crippen LogP contribution in [-0.2, 0) is 4.79 Å². The second-order valence-corrected chi connectivity index (χ2v) is 6.93. The molecule has 0 radical (unpaired) electrons. The molecule has 0 saturated carbocycles. The van der Waals surface area contributed by atoms with Crippen molar-refractivity contribution in [2.45, 2.75) is 19.3 Å². The van der Waals surface area contributed by atoms with Crippen molar-refractivity contribution in [1.29, 1.82) is 0 Å². The molecule has 8 nitrogen and oxygen atoms in total. The molecule has 0 spiro atoms. The minimum Gasteiger partial charge on any atom is -0.310 e. The highest BCUT2D eigenvalue weighted by atomic mass is 35.5. The van der Waals surface area contributed by atoms with Crippen LogP contribution in [0.5, 0.6) is 0 Å². The van der Waals surface area contributed by atoms with Gasteiger partial charge in [-0.2, -0.15) is 14.3 Å². The van der Waals surface area contributed by atoms with E-state index in [4.69, 9.17) is 11.6 Å². The first-order valence-corrected chi connectivity index (χ1v) is 8.91. The van der Waals surface area contributed by atoms with E-state index in [1.54, 1.807) is 24.3 Å². The molecule has 1 aliphatic rings. The third kappa shape index (κ3) is 2.47. The largest absolute Gasteiger partial charge is 0.310 e. The monoisotopic (exact) mass is 397 g/mol. The zero-order valence-electron chi connectivity index (χ0n) is 14.6. The Morgan fingerprint density at radius 2 is 2.07 bits per heavy atom. The summed E-state index contributed by atoms with van der Waals surface area (Å²) in [5, 5.41) is 19.8. The van der Waals surface area contributed by atoms with Crippen molar-refractivity contribution >= 4 is 29.0 Å². The fourth-order valence-electron chi connectivity index (χ4n) is 3.63. The van der Waals surface area contributed by atoms with Gasteiger partial charge in [-0.05, 0) is 31.2 Å². The van der Waals surface area contributed by atoms with Gasteiger partial charge in [0.25, 0.3) is 0 Å². The molecule has 1 aromatic carbocycles. The smallest absolute Gasteiger partial charge is 0.226 e. The Morgan fingerprint density at radius 1 is 1.21 bits per heavy atom. The molecule has 5 rings (SSSR count). The molecule has 10 heteroatoms. The highest BCUT2D eigenvalue weighted by molar-refractivity contribution is 6.31. The molecule has 1 amide bonds. The summed E-state index contributed by atoms with van der Waals surface area (Å²) in [4.78, 5) is 12.4. The van der Waals surface area contributed by atoms with Gasteiger partial charge in [0.15, 0.2) is 11.5 Å². The van der Waals surface area contributed by atoms with E-state index < -0.39 is 11.7 Å². The Hall–Kier alpha value is -3.33. The number of hydrogen-bond donors (Lipinski definition) is 1. The first-order valence-electron chi connectivity index (χ1n) is 8.53. The lowest BCUT2D eigenvalue weighted by atomic mass is 9.85. The molecule has 140 valence electrons. The van der Waals surface area contributed by atoms with Crippen molar-refractivity contribution in [2.24, 2.45) is 0 Å². The van der Waals surface area contributed by atoms with Crippen molar-refractivity contribution in [2.75, 3.05) is 5.32 Å². The Balaban J connectivity index is 1.71. The number of halogens is 2. The van der Waals surface area contributed by atoms with E-state index in [0.29, 0.717) is 28.5 Å². The van der Waals surface area contributed by atoms with Gasteiger partial charge >= 0.3 is 0 Å². The van der Waals surface area contributed by atoms with Gasteiger partial charge in [0.05, 0.1) is 5.69 Å². The Morgan fingerprint density at radius 3 is 2.89 bits per heavy atom. The summed E-state index contributed by atoms with van der Waals surface area (Å²) in [5.74, 6) is -0.308. The summed E-state index contributed by atoms with van der Waals surface area (Å²) in [6.07, 6.45) is 1.56. The summed E-state index contributed by atoms with van der Waals surface area (Å²) in [5.41, 5.74) is 2.26. The molecule has 0 saturated heterocycles. The minimum absolute atomic E-state index is 0.0814. The lowest BCUT2D eigenvalue weighted by Gasteiger charge is -2.25. The highest BCUT2D eigenvalue weighted by Crippen LogP contribution is 2.43. The summed E-state index contributed by atoms with van der Waals surface area (Å²) in [6, 6.07) is 7.97. The van der Waals surface area contributed by atoms with Gasteiger partial charge in [0.1, 0.15) is 18.0 Å². The molecule has 3 aromatic heterocycles. The van der Waals surface area contributed by atoms with Gasteiger partial charge < -0.3 is 5.32 Å². The zero-order valence-corrected chi connectivity index (χ0v) is 15.4. The predicted molar refractivity (Wildman–Crippen MR) is 99.1 cm³/mol. The standard InChI is InChI=1S/C18H13ClFN7O/c1-9-16-10(17-11(19)3-2-4-12(17)20)7-15(28)22-18(16)27(24-9)14-6-5-13-23-21-8-26(13)25-14/h2-6,8,10H,7H2,1H3,(H,22,28). The number of rotatable bonds is 2. The van der Waals surface area contributed by atoms with Crippen LogP contribution in [0.4, 0.5) is 10.2 Å². The maximum Gasteiger partial charge on any atom is 0.226 e. The second kappa shape index (κ2) is 6.10. The summed E-state index contributed by atoms with van der Waals surface area (Å²) in [7, 11) is 0. The molecule has 4 heterocycles. The summed E-state index contributed by atoms with van der Waals surface area (Å²) >= 11 is 6.28. The maximum atomic E-state index is 14.6. The van der Waals surface area contributed by atoms with Crippen LogP contribution in [0.15, 0.2) is 36.7 Å². The molecule has 0 aliphatic carbocycles. The van der Waals surface area contributed by atoms with E-state index in [1.807, 2.05) is 6.92 Å². The molecule has 28 heavy (non-hydrogen) atoms. The van der Waals surface area contributed by atoms with Crippen LogP contribution in [0.3, 0.4) is 0 Å². The second-order valence-electron chi connectivity index (χ2n) is 6.52. The van der Waals surface area contributed by atoms with Crippen LogP contribution in [0.1, 0.15) is 29.2 Å². The lowest BCUT2D eigenvalue weighted by Crippen LogP contribution is -2.25. The minimum atomic E-state index is -0.537. The van der Waals surface area contributed by atoms with E-state index in [1.165, 1.54) is 21.6 Å². The van der Waals surface area contributed by atoms with E-state index in [2.05, 4.69) is 25.7 Å². The summed E-state index contributed by atoms with van der Waals surface area (Å²) in [6.45, 7) is 1.81. The summed E-state index contributed by atoms with van der Waals surface area (Å²) < 4.78 is 17.6. The van der Waals surface area contributed by atoms with Crippen molar-refractivity contribution in [3.8, 4) is 5.82 Å². The first kappa shape index (κ1) is 16.8. The zero-order chi connectivity index (χ0) is 19.4. The number of nitrogens with one attached hydrogen (secondary N) is 1.